The first-order valence-corrected chi connectivity index (χ1v) is 9.83. The average molecular weight is 376 g/mol. The average Bonchev–Trinajstić information content (AvgIpc) is 2.57. The second-order valence-electron chi connectivity index (χ2n) is 6.27. The molecule has 1 amide bonds. The fraction of sp³-hybridized carbons (Fsp3) is 0.316. The van der Waals surface area contributed by atoms with Gasteiger partial charge in [0.05, 0.1) is 24.0 Å². The van der Waals surface area contributed by atoms with Crippen LogP contribution in [-0.2, 0) is 14.8 Å². The fourth-order valence-corrected chi connectivity index (χ4v) is 2.98. The van der Waals surface area contributed by atoms with E-state index in [1.54, 1.807) is 12.1 Å². The zero-order chi connectivity index (χ0) is 19.3. The van der Waals surface area contributed by atoms with Gasteiger partial charge in [-0.25, -0.2) is 13.6 Å². The number of primary sulfonamides is 1. The largest absolute Gasteiger partial charge is 0.493 e. The molecule has 0 aliphatic rings. The van der Waals surface area contributed by atoms with Crippen LogP contribution in [0.15, 0.2) is 47.4 Å². The Morgan fingerprint density at radius 3 is 2.42 bits per heavy atom. The van der Waals surface area contributed by atoms with E-state index in [-0.39, 0.29) is 29.9 Å². The van der Waals surface area contributed by atoms with Crippen molar-refractivity contribution in [3.05, 3.63) is 59.2 Å². The van der Waals surface area contributed by atoms with Crippen LogP contribution in [0.5, 0.6) is 5.75 Å². The number of sulfonamides is 1. The summed E-state index contributed by atoms with van der Waals surface area (Å²) < 4.78 is 28.2. The topological polar surface area (TPSA) is 98.5 Å². The number of rotatable bonds is 7. The van der Waals surface area contributed by atoms with Crippen LogP contribution in [0.25, 0.3) is 0 Å². The maximum atomic E-state index is 12.1. The summed E-state index contributed by atoms with van der Waals surface area (Å²) in [6, 6.07) is 11.8. The summed E-state index contributed by atoms with van der Waals surface area (Å²) in [5.74, 6) is 0.641. The molecule has 0 unspecified atom stereocenters. The van der Waals surface area contributed by atoms with Gasteiger partial charge >= 0.3 is 0 Å². The van der Waals surface area contributed by atoms with Gasteiger partial charge in [-0.1, -0.05) is 24.3 Å². The zero-order valence-electron chi connectivity index (χ0n) is 15.2. The Balaban J connectivity index is 1.86. The first-order chi connectivity index (χ1) is 12.2. The van der Waals surface area contributed by atoms with Crippen molar-refractivity contribution in [1.29, 1.82) is 0 Å². The van der Waals surface area contributed by atoms with Crippen LogP contribution >= 0.6 is 0 Å². The Labute approximate surface area is 154 Å². The highest BCUT2D eigenvalue weighted by atomic mass is 32.2. The maximum absolute atomic E-state index is 12.1. The van der Waals surface area contributed by atoms with E-state index in [1.807, 2.05) is 39.0 Å². The van der Waals surface area contributed by atoms with Gasteiger partial charge in [-0.05, 0) is 55.7 Å². The smallest absolute Gasteiger partial charge is 0.238 e. The van der Waals surface area contributed by atoms with Crippen molar-refractivity contribution in [2.45, 2.75) is 38.1 Å². The number of carbonyl (C=O) groups excluding carboxylic acids is 1. The third-order valence-electron chi connectivity index (χ3n) is 4.02. The molecule has 0 spiro atoms. The molecule has 26 heavy (non-hydrogen) atoms. The number of nitrogens with two attached hydrogens (primary N) is 1. The molecule has 0 fully saturated rings. The van der Waals surface area contributed by atoms with Crippen molar-refractivity contribution in [2.75, 3.05) is 6.61 Å². The Kier molecular flexibility index (Phi) is 6.39. The molecule has 0 radical (unpaired) electrons. The summed E-state index contributed by atoms with van der Waals surface area (Å²) in [7, 11) is -3.72. The first kappa shape index (κ1) is 19.9. The highest BCUT2D eigenvalue weighted by molar-refractivity contribution is 7.89. The van der Waals surface area contributed by atoms with Crippen LogP contribution < -0.4 is 15.2 Å². The number of benzene rings is 2. The Morgan fingerprint density at radius 2 is 1.81 bits per heavy atom. The second-order valence-corrected chi connectivity index (χ2v) is 7.83. The molecular weight excluding hydrogens is 352 g/mol. The molecule has 2 aromatic rings. The SMILES string of the molecule is Cc1ccc(C)c(OCCC(=O)N[C@H](C)c2ccc(S(N)(=O)=O)cc2)c1. The molecule has 1 atom stereocenters. The van der Waals surface area contributed by atoms with E-state index < -0.39 is 10.0 Å². The van der Waals surface area contributed by atoms with Crippen molar-refractivity contribution in [3.8, 4) is 5.75 Å². The molecule has 0 saturated carbocycles. The van der Waals surface area contributed by atoms with Gasteiger partial charge in [-0.2, -0.15) is 0 Å². The van der Waals surface area contributed by atoms with Gasteiger partial charge in [0, 0.05) is 0 Å². The molecule has 2 aromatic carbocycles. The summed E-state index contributed by atoms with van der Waals surface area (Å²) in [5, 5.41) is 7.94. The fourth-order valence-electron chi connectivity index (χ4n) is 2.46. The van der Waals surface area contributed by atoms with Gasteiger partial charge in [-0.15, -0.1) is 0 Å². The van der Waals surface area contributed by atoms with Crippen LogP contribution in [0.2, 0.25) is 0 Å². The Morgan fingerprint density at radius 1 is 1.15 bits per heavy atom. The molecule has 0 saturated heterocycles. The maximum Gasteiger partial charge on any atom is 0.238 e. The van der Waals surface area contributed by atoms with Crippen LogP contribution in [0.4, 0.5) is 0 Å². The molecule has 0 bridgehead atoms. The molecule has 6 nitrogen and oxygen atoms in total. The van der Waals surface area contributed by atoms with Crippen molar-refractivity contribution in [2.24, 2.45) is 5.14 Å². The number of ether oxygens (including phenoxy) is 1. The molecule has 0 heterocycles. The van der Waals surface area contributed by atoms with Crippen LogP contribution in [0, 0.1) is 13.8 Å². The van der Waals surface area contributed by atoms with E-state index in [0.29, 0.717) is 0 Å². The highest BCUT2D eigenvalue weighted by Gasteiger charge is 2.12. The van der Waals surface area contributed by atoms with E-state index in [1.165, 1.54) is 12.1 Å². The van der Waals surface area contributed by atoms with Crippen molar-refractivity contribution in [3.63, 3.8) is 0 Å². The quantitative estimate of drug-likeness (QED) is 0.776. The molecule has 7 heteroatoms. The van der Waals surface area contributed by atoms with Crippen LogP contribution in [0.3, 0.4) is 0 Å². The highest BCUT2D eigenvalue weighted by Crippen LogP contribution is 2.19. The van der Waals surface area contributed by atoms with E-state index in [9.17, 15) is 13.2 Å². The minimum absolute atomic E-state index is 0.0432. The number of aryl methyl sites for hydroxylation is 2. The van der Waals surface area contributed by atoms with Crippen molar-refractivity contribution >= 4 is 15.9 Å². The monoisotopic (exact) mass is 376 g/mol. The van der Waals surface area contributed by atoms with Crippen molar-refractivity contribution < 1.29 is 17.9 Å². The lowest BCUT2D eigenvalue weighted by molar-refractivity contribution is -0.122. The lowest BCUT2D eigenvalue weighted by Gasteiger charge is -2.15. The van der Waals surface area contributed by atoms with E-state index >= 15 is 0 Å². The Hall–Kier alpha value is -2.38. The Bertz CT molecular complexity index is 877. The molecule has 3 N–H and O–H groups in total. The van der Waals surface area contributed by atoms with E-state index in [2.05, 4.69) is 5.32 Å². The first-order valence-electron chi connectivity index (χ1n) is 8.29. The van der Waals surface area contributed by atoms with Gasteiger partial charge in [0.2, 0.25) is 15.9 Å². The molecular formula is C19H24N2O4S. The predicted octanol–water partition coefficient (Wildman–Crippen LogP) is 2.60. The summed E-state index contributed by atoms with van der Waals surface area (Å²) in [6.45, 7) is 6.06. The number of amides is 1. The lowest BCUT2D eigenvalue weighted by Crippen LogP contribution is -2.28. The zero-order valence-corrected chi connectivity index (χ0v) is 16.0. The van der Waals surface area contributed by atoms with E-state index in [0.717, 1.165) is 22.4 Å². The van der Waals surface area contributed by atoms with Gasteiger partial charge in [-0.3, -0.25) is 4.79 Å². The predicted molar refractivity (Wildman–Crippen MR) is 100 cm³/mol. The third kappa shape index (κ3) is 5.57. The molecule has 0 aliphatic carbocycles. The van der Waals surface area contributed by atoms with Gasteiger partial charge in [0.1, 0.15) is 5.75 Å². The molecule has 2 rings (SSSR count). The minimum Gasteiger partial charge on any atom is -0.493 e. The summed E-state index contributed by atoms with van der Waals surface area (Å²) in [6.07, 6.45) is 0.229. The van der Waals surface area contributed by atoms with Crippen molar-refractivity contribution in [1.82, 2.24) is 5.32 Å². The molecule has 0 aliphatic heterocycles. The summed E-state index contributed by atoms with van der Waals surface area (Å²) in [5.41, 5.74) is 2.92. The second kappa shape index (κ2) is 8.33. The van der Waals surface area contributed by atoms with Crippen LogP contribution in [-0.4, -0.2) is 20.9 Å². The van der Waals surface area contributed by atoms with Gasteiger partial charge in [0.15, 0.2) is 0 Å². The number of nitrogens with one attached hydrogen (secondary N) is 1. The summed E-state index contributed by atoms with van der Waals surface area (Å²) in [4.78, 5) is 12.1. The van der Waals surface area contributed by atoms with Gasteiger partial charge < -0.3 is 10.1 Å². The normalized spacial score (nSPS) is 12.5. The molecule has 0 aromatic heterocycles. The number of hydrogen-bond donors (Lipinski definition) is 2. The third-order valence-corrected chi connectivity index (χ3v) is 4.95. The lowest BCUT2D eigenvalue weighted by atomic mass is 10.1. The number of carbonyl (C=O) groups is 1. The standard InChI is InChI=1S/C19H24N2O4S/c1-13-4-5-14(2)18(12-13)25-11-10-19(22)21-15(3)16-6-8-17(9-7-16)26(20,23)24/h4-9,12,15H,10-11H2,1-3H3,(H,21,22)(H2,20,23,24)/t15-/m1/s1. The summed E-state index contributed by atoms with van der Waals surface area (Å²) >= 11 is 0. The molecule has 140 valence electrons. The van der Waals surface area contributed by atoms with Gasteiger partial charge in [0.25, 0.3) is 0 Å². The minimum atomic E-state index is -3.72. The van der Waals surface area contributed by atoms with E-state index in [4.69, 9.17) is 9.88 Å². The van der Waals surface area contributed by atoms with Crippen LogP contribution in [0.1, 0.15) is 36.1 Å². The number of hydrogen-bond acceptors (Lipinski definition) is 4.